The molecule has 58 valence electrons. The van der Waals surface area contributed by atoms with E-state index in [1.165, 1.54) is 0 Å². The Morgan fingerprint density at radius 1 is 1.73 bits per heavy atom. The molecule has 0 amide bonds. The van der Waals surface area contributed by atoms with Crippen molar-refractivity contribution in [2.45, 2.75) is 12.3 Å². The maximum Gasteiger partial charge on any atom is 0.170 e. The van der Waals surface area contributed by atoms with Crippen molar-refractivity contribution in [1.82, 2.24) is 9.55 Å². The lowest BCUT2D eigenvalue weighted by Crippen LogP contribution is -2.09. The van der Waals surface area contributed by atoms with E-state index in [0.29, 0.717) is 5.69 Å². The minimum atomic E-state index is 0.558. The van der Waals surface area contributed by atoms with Gasteiger partial charge in [0.15, 0.2) is 6.29 Å². The number of hydrogen-bond acceptors (Lipinski definition) is 3. The van der Waals surface area contributed by atoms with Crippen LogP contribution in [0.15, 0.2) is 6.20 Å². The van der Waals surface area contributed by atoms with Gasteiger partial charge in [-0.1, -0.05) is 0 Å². The first kappa shape index (κ1) is 6.91. The van der Waals surface area contributed by atoms with Gasteiger partial charge in [0, 0.05) is 18.5 Å². The molecule has 0 aromatic carbocycles. The van der Waals surface area contributed by atoms with E-state index in [1.807, 2.05) is 18.0 Å². The van der Waals surface area contributed by atoms with Crippen molar-refractivity contribution in [2.24, 2.45) is 0 Å². The fourth-order valence-corrected chi connectivity index (χ4v) is 2.05. The van der Waals surface area contributed by atoms with Gasteiger partial charge in [0.2, 0.25) is 0 Å². The highest BCUT2D eigenvalue weighted by molar-refractivity contribution is 7.98. The molecule has 0 unspecified atom stereocenters. The van der Waals surface area contributed by atoms with Crippen LogP contribution in [-0.4, -0.2) is 21.6 Å². The molecule has 0 spiro atoms. The predicted molar refractivity (Wildman–Crippen MR) is 43.8 cm³/mol. The molecule has 11 heavy (non-hydrogen) atoms. The van der Waals surface area contributed by atoms with Crippen molar-refractivity contribution in [3.8, 4) is 0 Å². The molecule has 3 nitrogen and oxygen atoms in total. The number of fused-ring (bicyclic) bond motifs is 1. The molecule has 1 aromatic heterocycles. The monoisotopic (exact) mass is 168 g/mol. The first-order valence-electron chi connectivity index (χ1n) is 3.49. The highest BCUT2D eigenvalue weighted by Gasteiger charge is 2.11. The highest BCUT2D eigenvalue weighted by Crippen LogP contribution is 2.17. The molecule has 1 aliphatic heterocycles. The van der Waals surface area contributed by atoms with E-state index in [-0.39, 0.29) is 0 Å². The van der Waals surface area contributed by atoms with Gasteiger partial charge in [-0.15, -0.1) is 0 Å². The maximum atomic E-state index is 10.3. The number of hydrogen-bond donors (Lipinski definition) is 0. The van der Waals surface area contributed by atoms with Crippen molar-refractivity contribution < 1.29 is 4.79 Å². The SMILES string of the molecule is O=Cc1cn2c(n1)CSCC2. The molecular weight excluding hydrogens is 160 g/mol. The van der Waals surface area contributed by atoms with Gasteiger partial charge in [0.25, 0.3) is 0 Å². The van der Waals surface area contributed by atoms with Gasteiger partial charge in [0.05, 0.1) is 5.75 Å². The van der Waals surface area contributed by atoms with Crippen molar-refractivity contribution >= 4 is 18.0 Å². The quantitative estimate of drug-likeness (QED) is 0.585. The van der Waals surface area contributed by atoms with Gasteiger partial charge in [0.1, 0.15) is 11.5 Å². The Labute approximate surface area is 68.8 Å². The summed E-state index contributed by atoms with van der Waals surface area (Å²) in [5.74, 6) is 3.10. The number of carbonyl (C=O) groups excluding carboxylic acids is 1. The van der Waals surface area contributed by atoms with Crippen LogP contribution in [0.1, 0.15) is 16.3 Å². The Kier molecular flexibility index (Phi) is 1.69. The maximum absolute atomic E-state index is 10.3. The summed E-state index contributed by atoms with van der Waals surface area (Å²) in [5, 5.41) is 0. The smallest absolute Gasteiger partial charge is 0.170 e. The zero-order valence-electron chi connectivity index (χ0n) is 5.99. The number of carbonyl (C=O) groups is 1. The zero-order chi connectivity index (χ0) is 7.68. The van der Waals surface area contributed by atoms with Gasteiger partial charge >= 0.3 is 0 Å². The first-order chi connectivity index (χ1) is 5.40. The standard InChI is InChI=1S/C7H8N2OS/c10-4-6-3-9-1-2-11-5-7(9)8-6/h3-4H,1-2,5H2. The van der Waals surface area contributed by atoms with Crippen LogP contribution in [0.5, 0.6) is 0 Å². The van der Waals surface area contributed by atoms with Crippen LogP contribution in [0.4, 0.5) is 0 Å². The van der Waals surface area contributed by atoms with E-state index in [2.05, 4.69) is 9.55 Å². The van der Waals surface area contributed by atoms with E-state index in [4.69, 9.17) is 0 Å². The van der Waals surface area contributed by atoms with E-state index >= 15 is 0 Å². The average molecular weight is 168 g/mol. The molecule has 0 saturated carbocycles. The zero-order valence-corrected chi connectivity index (χ0v) is 6.80. The van der Waals surface area contributed by atoms with E-state index < -0.39 is 0 Å². The second-order valence-electron chi connectivity index (χ2n) is 2.45. The Bertz CT molecular complexity index is 258. The molecule has 0 bridgehead atoms. The Hall–Kier alpha value is -0.770. The molecule has 0 saturated heterocycles. The molecule has 0 N–H and O–H groups in total. The minimum absolute atomic E-state index is 0.558. The molecule has 1 aliphatic rings. The summed E-state index contributed by atoms with van der Waals surface area (Å²) in [6, 6.07) is 0. The molecular formula is C7H8N2OS. The molecule has 0 radical (unpaired) electrons. The molecule has 1 aromatic rings. The summed E-state index contributed by atoms with van der Waals surface area (Å²) in [4.78, 5) is 14.5. The second-order valence-corrected chi connectivity index (χ2v) is 3.55. The summed E-state index contributed by atoms with van der Waals surface area (Å²) >= 11 is 1.86. The Morgan fingerprint density at radius 2 is 2.64 bits per heavy atom. The largest absolute Gasteiger partial charge is 0.333 e. The van der Waals surface area contributed by atoms with Crippen molar-refractivity contribution in [3.63, 3.8) is 0 Å². The normalized spacial score (nSPS) is 16.0. The lowest BCUT2D eigenvalue weighted by Gasteiger charge is -2.11. The fourth-order valence-electron chi connectivity index (χ4n) is 1.17. The van der Waals surface area contributed by atoms with Gasteiger partial charge in [-0.2, -0.15) is 11.8 Å². The van der Waals surface area contributed by atoms with Crippen molar-refractivity contribution in [2.75, 3.05) is 5.75 Å². The summed E-state index contributed by atoms with van der Waals surface area (Å²) in [6.45, 7) is 0.987. The van der Waals surface area contributed by atoms with Crippen molar-refractivity contribution in [1.29, 1.82) is 0 Å². The summed E-state index contributed by atoms with van der Waals surface area (Å²) in [6.07, 6.45) is 2.62. The van der Waals surface area contributed by atoms with Crippen LogP contribution in [0.25, 0.3) is 0 Å². The summed E-state index contributed by atoms with van der Waals surface area (Å²) in [7, 11) is 0. The van der Waals surface area contributed by atoms with Gasteiger partial charge in [-0.3, -0.25) is 4.79 Å². The molecule has 0 aliphatic carbocycles. The van der Waals surface area contributed by atoms with Crippen LogP contribution < -0.4 is 0 Å². The number of aromatic nitrogens is 2. The predicted octanol–water partition coefficient (Wildman–Crippen LogP) is 0.942. The lowest BCUT2D eigenvalue weighted by molar-refractivity contribution is 0.111. The van der Waals surface area contributed by atoms with Crippen LogP contribution in [0, 0.1) is 0 Å². The van der Waals surface area contributed by atoms with E-state index in [0.717, 1.165) is 30.2 Å². The van der Waals surface area contributed by atoms with Crippen LogP contribution in [-0.2, 0) is 12.3 Å². The van der Waals surface area contributed by atoms with Crippen LogP contribution >= 0.6 is 11.8 Å². The van der Waals surface area contributed by atoms with E-state index in [9.17, 15) is 4.79 Å². The number of thioether (sulfide) groups is 1. The Morgan fingerprint density at radius 3 is 3.36 bits per heavy atom. The minimum Gasteiger partial charge on any atom is -0.333 e. The van der Waals surface area contributed by atoms with Crippen LogP contribution in [0.3, 0.4) is 0 Å². The van der Waals surface area contributed by atoms with Crippen LogP contribution in [0.2, 0.25) is 0 Å². The third kappa shape index (κ3) is 1.18. The number of aldehydes is 1. The molecule has 2 rings (SSSR count). The van der Waals surface area contributed by atoms with Gasteiger partial charge in [-0.05, 0) is 0 Å². The third-order valence-electron chi connectivity index (χ3n) is 1.71. The number of aryl methyl sites for hydroxylation is 1. The average Bonchev–Trinajstić information content (AvgIpc) is 2.46. The van der Waals surface area contributed by atoms with Gasteiger partial charge in [-0.25, -0.2) is 4.98 Å². The topological polar surface area (TPSA) is 34.9 Å². The summed E-state index contributed by atoms with van der Waals surface area (Å²) < 4.78 is 2.06. The number of imidazole rings is 1. The molecule has 4 heteroatoms. The number of nitrogens with zero attached hydrogens (tertiary/aromatic N) is 2. The first-order valence-corrected chi connectivity index (χ1v) is 4.64. The third-order valence-corrected chi connectivity index (χ3v) is 2.64. The van der Waals surface area contributed by atoms with E-state index in [1.54, 1.807) is 0 Å². The number of rotatable bonds is 1. The highest BCUT2D eigenvalue weighted by atomic mass is 32.2. The molecule has 0 atom stereocenters. The molecule has 2 heterocycles. The molecule has 0 fully saturated rings. The fraction of sp³-hybridized carbons (Fsp3) is 0.429. The lowest BCUT2D eigenvalue weighted by atomic mass is 10.5. The Balaban J connectivity index is 2.39. The second kappa shape index (κ2) is 2.70. The van der Waals surface area contributed by atoms with Crippen molar-refractivity contribution in [3.05, 3.63) is 17.7 Å². The summed E-state index contributed by atoms with van der Waals surface area (Å²) in [5.41, 5.74) is 0.558. The van der Waals surface area contributed by atoms with Gasteiger partial charge < -0.3 is 4.57 Å².